The summed E-state index contributed by atoms with van der Waals surface area (Å²) in [6.45, 7) is 4.99. The Morgan fingerprint density at radius 3 is 3.05 bits per heavy atom. The highest BCUT2D eigenvalue weighted by atomic mass is 32.1. The number of rotatable bonds is 1. The summed E-state index contributed by atoms with van der Waals surface area (Å²) in [4.78, 5) is 17.5. The summed E-state index contributed by atoms with van der Waals surface area (Å²) in [5.74, 6) is 5.88. The van der Waals surface area contributed by atoms with Gasteiger partial charge in [-0.3, -0.25) is 4.79 Å². The molecular weight excluding hydrogens is 258 g/mol. The van der Waals surface area contributed by atoms with Crippen molar-refractivity contribution >= 4 is 17.2 Å². The zero-order chi connectivity index (χ0) is 13.8. The fourth-order valence-corrected chi connectivity index (χ4v) is 2.82. The molecule has 1 amide bonds. The van der Waals surface area contributed by atoms with E-state index in [2.05, 4.69) is 30.7 Å². The predicted octanol–water partition coefficient (Wildman–Crippen LogP) is 0.834. The minimum absolute atomic E-state index is 0.108. The maximum Gasteiger partial charge on any atom is 0.254 e. The molecular formula is C14H19N3OS. The molecule has 1 fully saturated rings. The first-order valence-electron chi connectivity index (χ1n) is 6.39. The van der Waals surface area contributed by atoms with Gasteiger partial charge < -0.3 is 15.5 Å². The Hall–Kier alpha value is -1.35. The van der Waals surface area contributed by atoms with Gasteiger partial charge in [0.2, 0.25) is 0 Å². The van der Waals surface area contributed by atoms with Crippen molar-refractivity contribution in [3.63, 3.8) is 0 Å². The van der Waals surface area contributed by atoms with E-state index in [4.69, 9.17) is 5.73 Å². The summed E-state index contributed by atoms with van der Waals surface area (Å²) in [5, 5.41) is 1.88. The molecule has 2 rings (SSSR count). The van der Waals surface area contributed by atoms with Crippen molar-refractivity contribution < 1.29 is 4.79 Å². The van der Waals surface area contributed by atoms with E-state index in [1.807, 2.05) is 16.3 Å². The largest absolute Gasteiger partial charge is 0.336 e. The summed E-state index contributed by atoms with van der Waals surface area (Å²) < 4.78 is 0. The number of likely N-dealkylation sites (N-methyl/N-ethyl adjacent to an activating group) is 1. The molecule has 0 aromatic carbocycles. The lowest BCUT2D eigenvalue weighted by molar-refractivity contribution is 0.0573. The standard InChI is InChI=1S/C14H19N3OS/c1-11-9-17(7-6-16(11)2)14(18)12-8-13(19-10-12)4-3-5-15/h8,10-11H,5-7,9,15H2,1-2H3. The average Bonchev–Trinajstić information content (AvgIpc) is 2.87. The van der Waals surface area contributed by atoms with Crippen molar-refractivity contribution in [2.24, 2.45) is 5.73 Å². The molecule has 5 heteroatoms. The number of thiophene rings is 1. The molecule has 1 unspecified atom stereocenters. The predicted molar refractivity (Wildman–Crippen MR) is 78.2 cm³/mol. The zero-order valence-corrected chi connectivity index (χ0v) is 12.2. The quantitative estimate of drug-likeness (QED) is 0.774. The molecule has 0 spiro atoms. The summed E-state index contributed by atoms with van der Waals surface area (Å²) in [6, 6.07) is 2.27. The van der Waals surface area contributed by atoms with Crippen LogP contribution < -0.4 is 5.73 Å². The SMILES string of the molecule is CC1CN(C(=O)c2csc(C#CCN)c2)CCN1C. The first-order chi connectivity index (χ1) is 9.11. The first kappa shape index (κ1) is 14.1. The molecule has 1 aromatic rings. The van der Waals surface area contributed by atoms with Gasteiger partial charge in [0.05, 0.1) is 17.0 Å². The fraction of sp³-hybridized carbons (Fsp3) is 0.500. The van der Waals surface area contributed by atoms with Crippen molar-refractivity contribution in [3.8, 4) is 11.8 Å². The van der Waals surface area contributed by atoms with Crippen LogP contribution in [0.5, 0.6) is 0 Å². The molecule has 4 nitrogen and oxygen atoms in total. The number of carbonyl (C=O) groups is 1. The smallest absolute Gasteiger partial charge is 0.254 e. The summed E-state index contributed by atoms with van der Waals surface area (Å²) >= 11 is 1.50. The number of nitrogens with zero attached hydrogens (tertiary/aromatic N) is 2. The third kappa shape index (κ3) is 3.35. The molecule has 0 aliphatic carbocycles. The van der Waals surface area contributed by atoms with Gasteiger partial charge in [0.25, 0.3) is 5.91 Å². The topological polar surface area (TPSA) is 49.6 Å². The Morgan fingerprint density at radius 2 is 2.37 bits per heavy atom. The van der Waals surface area contributed by atoms with Gasteiger partial charge in [-0.05, 0) is 20.0 Å². The molecule has 2 heterocycles. The summed E-state index contributed by atoms with van der Waals surface area (Å²) in [6.07, 6.45) is 0. The molecule has 102 valence electrons. The van der Waals surface area contributed by atoms with Gasteiger partial charge >= 0.3 is 0 Å². The second-order valence-corrected chi connectivity index (χ2v) is 5.70. The molecule has 1 aliphatic rings. The number of hydrogen-bond donors (Lipinski definition) is 1. The lowest BCUT2D eigenvalue weighted by atomic mass is 10.2. The Balaban J connectivity index is 2.05. The highest BCUT2D eigenvalue weighted by Gasteiger charge is 2.25. The maximum atomic E-state index is 12.4. The minimum Gasteiger partial charge on any atom is -0.336 e. The fourth-order valence-electron chi connectivity index (χ4n) is 2.07. The van der Waals surface area contributed by atoms with E-state index < -0.39 is 0 Å². The van der Waals surface area contributed by atoms with Crippen molar-refractivity contribution in [1.29, 1.82) is 0 Å². The van der Waals surface area contributed by atoms with Crippen LogP contribution in [-0.4, -0.2) is 55.0 Å². The normalized spacial score (nSPS) is 19.9. The third-order valence-electron chi connectivity index (χ3n) is 3.41. The van der Waals surface area contributed by atoms with Crippen LogP contribution in [-0.2, 0) is 0 Å². The highest BCUT2D eigenvalue weighted by Crippen LogP contribution is 2.17. The first-order valence-corrected chi connectivity index (χ1v) is 7.26. The van der Waals surface area contributed by atoms with Gasteiger partial charge in [-0.2, -0.15) is 0 Å². The van der Waals surface area contributed by atoms with Crippen LogP contribution >= 0.6 is 11.3 Å². The molecule has 19 heavy (non-hydrogen) atoms. The van der Waals surface area contributed by atoms with Gasteiger partial charge in [0.15, 0.2) is 0 Å². The molecule has 2 N–H and O–H groups in total. The van der Waals surface area contributed by atoms with Crippen LogP contribution in [0.4, 0.5) is 0 Å². The Kier molecular flexibility index (Phi) is 4.59. The van der Waals surface area contributed by atoms with Gasteiger partial charge in [0, 0.05) is 31.1 Å². The maximum absolute atomic E-state index is 12.4. The van der Waals surface area contributed by atoms with Crippen molar-refractivity contribution in [2.45, 2.75) is 13.0 Å². The van der Waals surface area contributed by atoms with Gasteiger partial charge in [-0.1, -0.05) is 11.8 Å². The van der Waals surface area contributed by atoms with E-state index in [9.17, 15) is 4.79 Å². The lowest BCUT2D eigenvalue weighted by Gasteiger charge is -2.37. The number of piperazine rings is 1. The van der Waals surface area contributed by atoms with Crippen molar-refractivity contribution in [3.05, 3.63) is 21.9 Å². The van der Waals surface area contributed by atoms with Crippen LogP contribution in [0.25, 0.3) is 0 Å². The van der Waals surface area contributed by atoms with Crippen LogP contribution in [0, 0.1) is 11.8 Å². The monoisotopic (exact) mass is 277 g/mol. The summed E-state index contributed by atoms with van der Waals surface area (Å²) in [7, 11) is 2.09. The van der Waals surface area contributed by atoms with Crippen molar-refractivity contribution in [2.75, 3.05) is 33.2 Å². The van der Waals surface area contributed by atoms with Crippen LogP contribution in [0.15, 0.2) is 11.4 Å². The van der Waals surface area contributed by atoms with Gasteiger partial charge in [-0.15, -0.1) is 11.3 Å². The number of hydrogen-bond acceptors (Lipinski definition) is 4. The number of nitrogens with two attached hydrogens (primary N) is 1. The zero-order valence-electron chi connectivity index (χ0n) is 11.3. The van der Waals surface area contributed by atoms with E-state index >= 15 is 0 Å². The second kappa shape index (κ2) is 6.20. The average molecular weight is 277 g/mol. The third-order valence-corrected chi connectivity index (χ3v) is 4.25. The van der Waals surface area contributed by atoms with E-state index in [1.165, 1.54) is 11.3 Å². The van der Waals surface area contributed by atoms with Crippen molar-refractivity contribution in [1.82, 2.24) is 9.80 Å². The Bertz CT molecular complexity index is 514. The summed E-state index contributed by atoms with van der Waals surface area (Å²) in [5.41, 5.74) is 6.08. The van der Waals surface area contributed by atoms with Crippen LogP contribution in [0.3, 0.4) is 0 Å². The Labute approximate surface area is 118 Å². The van der Waals surface area contributed by atoms with E-state index in [1.54, 1.807) is 0 Å². The molecule has 1 aromatic heterocycles. The van der Waals surface area contributed by atoms with Crippen LogP contribution in [0.2, 0.25) is 0 Å². The van der Waals surface area contributed by atoms with E-state index in [0.29, 0.717) is 12.6 Å². The van der Waals surface area contributed by atoms with Gasteiger partial charge in [0.1, 0.15) is 0 Å². The number of carbonyl (C=O) groups excluding carboxylic acids is 1. The molecule has 0 radical (unpaired) electrons. The molecule has 1 aliphatic heterocycles. The Morgan fingerprint density at radius 1 is 1.58 bits per heavy atom. The minimum atomic E-state index is 0.108. The van der Waals surface area contributed by atoms with Gasteiger partial charge in [-0.25, -0.2) is 0 Å². The molecule has 1 atom stereocenters. The lowest BCUT2D eigenvalue weighted by Crippen LogP contribution is -2.51. The van der Waals surface area contributed by atoms with E-state index in [0.717, 1.165) is 30.1 Å². The van der Waals surface area contributed by atoms with E-state index in [-0.39, 0.29) is 5.91 Å². The number of amides is 1. The van der Waals surface area contributed by atoms with Crippen LogP contribution in [0.1, 0.15) is 22.2 Å². The molecule has 0 saturated carbocycles. The highest BCUT2D eigenvalue weighted by molar-refractivity contribution is 7.10. The molecule has 0 bridgehead atoms. The molecule has 1 saturated heterocycles. The second-order valence-electron chi connectivity index (χ2n) is 4.79.